The van der Waals surface area contributed by atoms with Crippen molar-refractivity contribution >= 4 is 51.9 Å². The average molecular weight is 581 g/mol. The van der Waals surface area contributed by atoms with Gasteiger partial charge in [-0.05, 0) is 48.0 Å². The van der Waals surface area contributed by atoms with E-state index in [0.29, 0.717) is 0 Å². The molecular formula is C27H18F3N5O7. The molecule has 0 atom stereocenters. The molecule has 0 unspecified atom stereocenters. The SMILES string of the molecule is COC(=O)Nc1cc2c(C(=O)Nc3ccc(C#N)cc3C(=O)O)noc2cc1-c1ccc(NC(C)=O)cc1C(F)(F)F. The summed E-state index contributed by atoms with van der Waals surface area (Å²) in [6.07, 6.45) is -5.93. The van der Waals surface area contributed by atoms with E-state index in [1.807, 2.05) is 0 Å². The minimum atomic E-state index is -4.89. The second-order valence-corrected chi connectivity index (χ2v) is 8.61. The van der Waals surface area contributed by atoms with Gasteiger partial charge in [0.05, 0.1) is 46.6 Å². The summed E-state index contributed by atoms with van der Waals surface area (Å²) in [4.78, 5) is 48.2. The predicted octanol–water partition coefficient (Wildman–Crippen LogP) is 5.47. The molecule has 0 bridgehead atoms. The highest BCUT2D eigenvalue weighted by atomic mass is 19.4. The number of carboxylic acid groups (broad SMARTS) is 1. The van der Waals surface area contributed by atoms with Crippen LogP contribution in [0.3, 0.4) is 0 Å². The monoisotopic (exact) mass is 581 g/mol. The summed E-state index contributed by atoms with van der Waals surface area (Å²) in [5.74, 6) is -2.96. The number of amides is 3. The number of benzene rings is 3. The van der Waals surface area contributed by atoms with Crippen molar-refractivity contribution in [2.75, 3.05) is 23.1 Å². The van der Waals surface area contributed by atoms with Gasteiger partial charge in [0.15, 0.2) is 11.3 Å². The van der Waals surface area contributed by atoms with E-state index in [1.54, 1.807) is 6.07 Å². The number of aromatic nitrogens is 1. The van der Waals surface area contributed by atoms with Crippen LogP contribution >= 0.6 is 0 Å². The van der Waals surface area contributed by atoms with Gasteiger partial charge in [0.2, 0.25) is 5.91 Å². The maximum Gasteiger partial charge on any atom is 0.417 e. The second-order valence-electron chi connectivity index (χ2n) is 8.61. The Balaban J connectivity index is 1.85. The van der Waals surface area contributed by atoms with Crippen molar-refractivity contribution in [3.05, 3.63) is 70.9 Å². The highest BCUT2D eigenvalue weighted by Gasteiger charge is 2.35. The minimum Gasteiger partial charge on any atom is -0.478 e. The van der Waals surface area contributed by atoms with Crippen LogP contribution in [0.1, 0.15) is 38.9 Å². The first-order valence-corrected chi connectivity index (χ1v) is 11.7. The van der Waals surface area contributed by atoms with Gasteiger partial charge in [-0.15, -0.1) is 0 Å². The van der Waals surface area contributed by atoms with Gasteiger partial charge in [0.1, 0.15) is 0 Å². The molecule has 15 heteroatoms. The van der Waals surface area contributed by atoms with Crippen LogP contribution in [0, 0.1) is 11.3 Å². The molecule has 4 rings (SSSR count). The number of hydrogen-bond donors (Lipinski definition) is 4. The summed E-state index contributed by atoms with van der Waals surface area (Å²) in [5, 5.41) is 29.1. The number of carbonyl (C=O) groups is 4. The summed E-state index contributed by atoms with van der Waals surface area (Å²) in [6.45, 7) is 1.13. The van der Waals surface area contributed by atoms with Crippen LogP contribution in [0.2, 0.25) is 0 Å². The number of nitriles is 1. The number of alkyl halides is 3. The standard InChI is InChI=1S/C27H18F3N5O7/c1-12(36)32-14-4-5-15(19(8-14)27(28,29)30)16-10-22-18(9-21(16)34-26(40)41-2)23(35-42-22)24(37)33-20-6-3-13(11-31)7-17(20)25(38)39/h3-10H,1-2H3,(H,32,36)(H,33,37)(H,34,40)(H,38,39). The van der Waals surface area contributed by atoms with Gasteiger partial charge >= 0.3 is 18.2 Å². The molecule has 0 radical (unpaired) electrons. The van der Waals surface area contributed by atoms with E-state index in [-0.39, 0.29) is 50.4 Å². The number of methoxy groups -OCH3 is 1. The third kappa shape index (κ3) is 5.97. The first kappa shape index (κ1) is 29.1. The first-order valence-electron chi connectivity index (χ1n) is 11.7. The normalized spacial score (nSPS) is 11.0. The lowest BCUT2D eigenvalue weighted by atomic mass is 9.95. The molecule has 0 spiro atoms. The Kier molecular flexibility index (Phi) is 7.82. The molecule has 0 aliphatic rings. The summed E-state index contributed by atoms with van der Waals surface area (Å²) < 4.78 is 52.1. The number of nitrogens with one attached hydrogen (secondary N) is 3. The first-order chi connectivity index (χ1) is 19.8. The van der Waals surface area contributed by atoms with Gasteiger partial charge in [0.25, 0.3) is 5.91 Å². The van der Waals surface area contributed by atoms with Gasteiger partial charge in [0, 0.05) is 18.2 Å². The number of fused-ring (bicyclic) bond motifs is 1. The lowest BCUT2D eigenvalue weighted by Gasteiger charge is -2.18. The zero-order valence-corrected chi connectivity index (χ0v) is 21.5. The number of rotatable bonds is 6. The van der Waals surface area contributed by atoms with E-state index in [9.17, 15) is 37.5 Å². The van der Waals surface area contributed by atoms with Crippen LogP contribution in [0.4, 0.5) is 35.0 Å². The van der Waals surface area contributed by atoms with Crippen molar-refractivity contribution in [2.24, 2.45) is 0 Å². The molecule has 4 N–H and O–H groups in total. The van der Waals surface area contributed by atoms with Crippen molar-refractivity contribution in [3.63, 3.8) is 0 Å². The Morgan fingerprint density at radius 2 is 1.71 bits per heavy atom. The Morgan fingerprint density at radius 1 is 0.976 bits per heavy atom. The van der Waals surface area contributed by atoms with Crippen LogP contribution in [-0.4, -0.2) is 41.2 Å². The topological polar surface area (TPSA) is 184 Å². The summed E-state index contributed by atoms with van der Waals surface area (Å²) in [6, 6.07) is 10.6. The summed E-state index contributed by atoms with van der Waals surface area (Å²) in [5.41, 5.74) is -3.13. The highest BCUT2D eigenvalue weighted by molar-refractivity contribution is 6.14. The van der Waals surface area contributed by atoms with Crippen LogP contribution in [0.5, 0.6) is 0 Å². The van der Waals surface area contributed by atoms with Crippen molar-refractivity contribution in [2.45, 2.75) is 13.1 Å². The van der Waals surface area contributed by atoms with Gasteiger partial charge in [-0.3, -0.25) is 14.9 Å². The molecule has 0 fully saturated rings. The van der Waals surface area contributed by atoms with Crippen molar-refractivity contribution in [1.29, 1.82) is 5.26 Å². The molecule has 0 saturated heterocycles. The van der Waals surface area contributed by atoms with E-state index in [0.717, 1.165) is 44.4 Å². The van der Waals surface area contributed by atoms with Crippen LogP contribution < -0.4 is 16.0 Å². The molecule has 0 aliphatic carbocycles. The van der Waals surface area contributed by atoms with Gasteiger partial charge in [-0.25, -0.2) is 9.59 Å². The maximum absolute atomic E-state index is 14.1. The lowest BCUT2D eigenvalue weighted by molar-refractivity contribution is -0.137. The Morgan fingerprint density at radius 3 is 2.33 bits per heavy atom. The maximum atomic E-state index is 14.1. The van der Waals surface area contributed by atoms with E-state index < -0.39 is 41.2 Å². The van der Waals surface area contributed by atoms with Crippen LogP contribution in [-0.2, 0) is 15.7 Å². The van der Waals surface area contributed by atoms with Gasteiger partial charge in [-0.1, -0.05) is 11.2 Å². The summed E-state index contributed by atoms with van der Waals surface area (Å²) >= 11 is 0. The molecule has 0 aliphatic heterocycles. The van der Waals surface area contributed by atoms with Crippen molar-refractivity contribution < 1.29 is 46.7 Å². The third-order valence-corrected chi connectivity index (χ3v) is 5.81. The van der Waals surface area contributed by atoms with Crippen molar-refractivity contribution in [3.8, 4) is 17.2 Å². The largest absolute Gasteiger partial charge is 0.478 e. The Bertz CT molecular complexity index is 1810. The minimum absolute atomic E-state index is 0.0340. The van der Waals surface area contributed by atoms with Gasteiger partial charge < -0.3 is 25.0 Å². The molecule has 0 saturated carbocycles. The van der Waals surface area contributed by atoms with Crippen molar-refractivity contribution in [1.82, 2.24) is 5.16 Å². The number of hydrogen-bond acceptors (Lipinski definition) is 8. The quantitative estimate of drug-likeness (QED) is 0.229. The molecule has 1 aromatic heterocycles. The number of ether oxygens (including phenoxy) is 1. The molecule has 12 nitrogen and oxygen atoms in total. The van der Waals surface area contributed by atoms with Gasteiger partial charge in [-0.2, -0.15) is 18.4 Å². The molecule has 3 aromatic carbocycles. The predicted molar refractivity (Wildman–Crippen MR) is 141 cm³/mol. The smallest absolute Gasteiger partial charge is 0.417 e. The Hall–Kier alpha value is -5.91. The average Bonchev–Trinajstić information content (AvgIpc) is 3.34. The molecule has 214 valence electrons. The van der Waals surface area contributed by atoms with E-state index in [4.69, 9.17) is 9.78 Å². The van der Waals surface area contributed by atoms with Crippen LogP contribution in [0.25, 0.3) is 22.1 Å². The number of nitrogens with zero attached hydrogens (tertiary/aromatic N) is 2. The van der Waals surface area contributed by atoms with E-state index in [2.05, 4.69) is 25.8 Å². The summed E-state index contributed by atoms with van der Waals surface area (Å²) in [7, 11) is 1.03. The zero-order chi connectivity index (χ0) is 30.8. The number of anilines is 3. The number of aromatic carboxylic acids is 1. The molecule has 1 heterocycles. The second kappa shape index (κ2) is 11.3. The fraction of sp³-hybridized carbons (Fsp3) is 0.111. The molecule has 42 heavy (non-hydrogen) atoms. The van der Waals surface area contributed by atoms with E-state index in [1.165, 1.54) is 18.2 Å². The fourth-order valence-corrected chi connectivity index (χ4v) is 4.01. The highest BCUT2D eigenvalue weighted by Crippen LogP contribution is 2.43. The number of carbonyl (C=O) groups excluding carboxylic acids is 3. The molecular weight excluding hydrogens is 563 g/mol. The molecule has 3 amide bonds. The zero-order valence-electron chi connectivity index (χ0n) is 21.5. The number of halogens is 3. The number of carboxylic acids is 1. The Labute approximate surface area is 233 Å². The third-order valence-electron chi connectivity index (χ3n) is 5.81. The fourth-order valence-electron chi connectivity index (χ4n) is 4.01. The molecule has 4 aromatic rings. The van der Waals surface area contributed by atoms with E-state index >= 15 is 0 Å². The lowest BCUT2D eigenvalue weighted by Crippen LogP contribution is -2.16. The van der Waals surface area contributed by atoms with Crippen LogP contribution in [0.15, 0.2) is 53.1 Å².